The average molecular weight is 437 g/mol. The van der Waals surface area contributed by atoms with Gasteiger partial charge in [-0.3, -0.25) is 0 Å². The number of nitrogen functional groups attached to an aromatic ring is 1. The quantitative estimate of drug-likeness (QED) is 0.588. The summed E-state index contributed by atoms with van der Waals surface area (Å²) in [4.78, 5) is 15.7. The van der Waals surface area contributed by atoms with Crippen LogP contribution in [0, 0.1) is 3.57 Å². The van der Waals surface area contributed by atoms with Crippen LogP contribution in [-0.4, -0.2) is 17.6 Å². The topological polar surface area (TPSA) is 78.3 Å². The summed E-state index contributed by atoms with van der Waals surface area (Å²) in [7, 11) is 0. The second-order valence-corrected chi connectivity index (χ2v) is 5.68. The van der Waals surface area contributed by atoms with E-state index in [2.05, 4.69) is 43.5 Å². The number of nitrogens with zero attached hydrogens (tertiary/aromatic N) is 1. The molecule has 2 N–H and O–H groups in total. The van der Waals surface area contributed by atoms with Gasteiger partial charge >= 0.3 is 5.97 Å². The zero-order chi connectivity index (χ0) is 14.0. The molecule has 0 atom stereocenters. The molecule has 1 heterocycles. The van der Waals surface area contributed by atoms with E-state index in [1.807, 2.05) is 18.2 Å². The van der Waals surface area contributed by atoms with Crippen molar-refractivity contribution in [3.63, 3.8) is 0 Å². The van der Waals surface area contributed by atoms with Crippen LogP contribution in [0.15, 0.2) is 27.1 Å². The van der Waals surface area contributed by atoms with Crippen LogP contribution in [0.4, 0.5) is 5.88 Å². The number of hydrogen-bond donors (Lipinski definition) is 1. The largest absolute Gasteiger partial charge is 0.461 e. The van der Waals surface area contributed by atoms with E-state index < -0.39 is 5.97 Å². The molecule has 1 aromatic carbocycles. The van der Waals surface area contributed by atoms with Crippen LogP contribution >= 0.6 is 38.5 Å². The molecule has 5 nitrogen and oxygen atoms in total. The Hall–Kier alpha value is -1.09. The first-order chi connectivity index (χ1) is 9.02. The van der Waals surface area contributed by atoms with Gasteiger partial charge in [0.25, 0.3) is 0 Å². The molecule has 2 aromatic rings. The average Bonchev–Trinajstić information content (AvgIpc) is 2.74. The van der Waals surface area contributed by atoms with E-state index in [0.717, 1.165) is 13.6 Å². The molecule has 0 saturated carbocycles. The Balaban J connectivity index is 2.44. The minimum atomic E-state index is -0.586. The molecule has 7 heteroatoms. The molecule has 1 aromatic heterocycles. The minimum absolute atomic E-state index is 0.00242. The molecule has 100 valence electrons. The smallest absolute Gasteiger partial charge is 0.362 e. The summed E-state index contributed by atoms with van der Waals surface area (Å²) in [6.07, 6.45) is 0. The molecule has 0 aliphatic rings. The Bertz CT molecular complexity index is 627. The number of esters is 1. The van der Waals surface area contributed by atoms with Gasteiger partial charge in [-0.15, -0.1) is 0 Å². The highest BCUT2D eigenvalue weighted by Crippen LogP contribution is 2.31. The van der Waals surface area contributed by atoms with E-state index in [1.54, 1.807) is 6.92 Å². The normalized spacial score (nSPS) is 10.5. The van der Waals surface area contributed by atoms with E-state index in [9.17, 15) is 4.79 Å². The van der Waals surface area contributed by atoms with Crippen LogP contribution in [-0.2, 0) is 4.74 Å². The van der Waals surface area contributed by atoms with E-state index in [4.69, 9.17) is 14.9 Å². The molecule has 0 radical (unpaired) electrons. The van der Waals surface area contributed by atoms with Gasteiger partial charge in [-0.1, -0.05) is 0 Å². The second kappa shape index (κ2) is 5.91. The second-order valence-electron chi connectivity index (χ2n) is 3.58. The van der Waals surface area contributed by atoms with Gasteiger partial charge in [0.15, 0.2) is 0 Å². The number of anilines is 1. The summed E-state index contributed by atoms with van der Waals surface area (Å²) in [5.41, 5.74) is 6.38. The maximum atomic E-state index is 11.6. The van der Waals surface area contributed by atoms with Crippen molar-refractivity contribution in [3.05, 3.63) is 31.9 Å². The Kier molecular flexibility index (Phi) is 4.46. The van der Waals surface area contributed by atoms with Gasteiger partial charge in [-0.2, -0.15) is 4.98 Å². The lowest BCUT2D eigenvalue weighted by Crippen LogP contribution is -2.07. The van der Waals surface area contributed by atoms with E-state index in [1.165, 1.54) is 0 Å². The molecule has 0 amide bonds. The van der Waals surface area contributed by atoms with Gasteiger partial charge < -0.3 is 14.9 Å². The number of carbonyl (C=O) groups excluding carboxylic acids is 1. The van der Waals surface area contributed by atoms with Gasteiger partial charge in [0.2, 0.25) is 17.5 Å². The fourth-order valence-electron chi connectivity index (χ4n) is 1.45. The first-order valence-electron chi connectivity index (χ1n) is 5.41. The number of carbonyl (C=O) groups is 1. The Morgan fingerprint density at radius 2 is 2.32 bits per heavy atom. The first kappa shape index (κ1) is 14.3. The van der Waals surface area contributed by atoms with Crippen molar-refractivity contribution in [1.82, 2.24) is 4.98 Å². The minimum Gasteiger partial charge on any atom is -0.461 e. The molecule has 0 spiro atoms. The number of aromatic nitrogens is 1. The summed E-state index contributed by atoms with van der Waals surface area (Å²) in [6, 6.07) is 5.69. The predicted molar refractivity (Wildman–Crippen MR) is 82.7 cm³/mol. The van der Waals surface area contributed by atoms with Crippen molar-refractivity contribution in [2.45, 2.75) is 6.92 Å². The standard InChI is InChI=1S/C12H10BrIN2O3/c1-2-18-12(17)9-10(15)19-11(16-9)7-5-6(14)3-4-8(7)13/h3-5H,2,15H2,1H3. The number of oxazole rings is 1. The van der Waals surface area contributed by atoms with E-state index in [0.29, 0.717) is 0 Å². The van der Waals surface area contributed by atoms with E-state index in [-0.39, 0.29) is 24.1 Å². The summed E-state index contributed by atoms with van der Waals surface area (Å²) < 4.78 is 12.0. The number of rotatable bonds is 3. The van der Waals surface area contributed by atoms with Crippen molar-refractivity contribution in [2.75, 3.05) is 12.3 Å². The zero-order valence-corrected chi connectivity index (χ0v) is 13.7. The van der Waals surface area contributed by atoms with Gasteiger partial charge in [-0.25, -0.2) is 4.79 Å². The maximum absolute atomic E-state index is 11.6. The van der Waals surface area contributed by atoms with Gasteiger partial charge in [0, 0.05) is 8.04 Å². The third-order valence-corrected chi connectivity index (χ3v) is 3.64. The highest BCUT2D eigenvalue weighted by atomic mass is 127. The summed E-state index contributed by atoms with van der Waals surface area (Å²) in [5, 5.41) is 0. The van der Waals surface area contributed by atoms with Crippen LogP contribution in [0.1, 0.15) is 17.4 Å². The molecule has 0 unspecified atom stereocenters. The van der Waals surface area contributed by atoms with Crippen LogP contribution < -0.4 is 5.73 Å². The molecule has 0 fully saturated rings. The molecule has 0 aliphatic heterocycles. The fourth-order valence-corrected chi connectivity index (χ4v) is 2.36. The molecule has 19 heavy (non-hydrogen) atoms. The van der Waals surface area contributed by atoms with Crippen molar-refractivity contribution in [2.24, 2.45) is 0 Å². The molecule has 0 bridgehead atoms. The van der Waals surface area contributed by atoms with Gasteiger partial charge in [-0.05, 0) is 63.6 Å². The molecule has 0 saturated heterocycles. The summed E-state index contributed by atoms with van der Waals surface area (Å²) in [6.45, 7) is 1.97. The molecular weight excluding hydrogens is 427 g/mol. The third kappa shape index (κ3) is 3.08. The summed E-state index contributed by atoms with van der Waals surface area (Å²) >= 11 is 5.59. The van der Waals surface area contributed by atoms with Crippen molar-refractivity contribution in [3.8, 4) is 11.5 Å². The lowest BCUT2D eigenvalue weighted by atomic mass is 10.2. The highest BCUT2D eigenvalue weighted by molar-refractivity contribution is 14.1. The monoisotopic (exact) mass is 436 g/mol. The van der Waals surface area contributed by atoms with Crippen LogP contribution in [0.3, 0.4) is 0 Å². The third-order valence-electron chi connectivity index (χ3n) is 2.28. The molecule has 0 aliphatic carbocycles. The van der Waals surface area contributed by atoms with Gasteiger partial charge in [0.1, 0.15) is 0 Å². The van der Waals surface area contributed by atoms with Crippen LogP contribution in [0.25, 0.3) is 11.5 Å². The number of ether oxygens (including phenoxy) is 1. The Labute approximate surface area is 131 Å². The lowest BCUT2D eigenvalue weighted by Gasteiger charge is -2.00. The highest BCUT2D eigenvalue weighted by Gasteiger charge is 2.21. The van der Waals surface area contributed by atoms with Crippen molar-refractivity contribution in [1.29, 1.82) is 0 Å². The SMILES string of the molecule is CCOC(=O)c1nc(-c2cc(I)ccc2Br)oc1N. The van der Waals surface area contributed by atoms with Crippen molar-refractivity contribution < 1.29 is 13.9 Å². The number of hydrogen-bond acceptors (Lipinski definition) is 5. The van der Waals surface area contributed by atoms with Crippen LogP contribution in [0.5, 0.6) is 0 Å². The Morgan fingerprint density at radius 3 is 3.00 bits per heavy atom. The van der Waals surface area contributed by atoms with Crippen LogP contribution in [0.2, 0.25) is 0 Å². The number of halogens is 2. The van der Waals surface area contributed by atoms with E-state index >= 15 is 0 Å². The van der Waals surface area contributed by atoms with Gasteiger partial charge in [0.05, 0.1) is 12.2 Å². The zero-order valence-electron chi connectivity index (χ0n) is 9.94. The predicted octanol–water partition coefficient (Wildman–Crippen LogP) is 3.47. The first-order valence-corrected chi connectivity index (χ1v) is 7.29. The van der Waals surface area contributed by atoms with Crippen molar-refractivity contribution >= 4 is 50.4 Å². The fraction of sp³-hybridized carbons (Fsp3) is 0.167. The Morgan fingerprint density at radius 1 is 1.58 bits per heavy atom. The lowest BCUT2D eigenvalue weighted by molar-refractivity contribution is 0.0521. The molecule has 2 rings (SSSR count). The summed E-state index contributed by atoms with van der Waals surface area (Å²) in [5.74, 6) is -0.345. The number of benzene rings is 1. The molecular formula is C12H10BrIN2O3. The number of nitrogens with two attached hydrogens (primary N) is 1. The maximum Gasteiger partial charge on any atom is 0.362 e.